The second-order valence-electron chi connectivity index (χ2n) is 11.7. The van der Waals surface area contributed by atoms with Crippen molar-refractivity contribution >= 4 is 17.7 Å². The molecule has 0 aromatic carbocycles. The van der Waals surface area contributed by atoms with Gasteiger partial charge in [-0.15, -0.1) is 0 Å². The fourth-order valence-corrected chi connectivity index (χ4v) is 7.90. The second kappa shape index (κ2) is 11.0. The van der Waals surface area contributed by atoms with Gasteiger partial charge in [-0.3, -0.25) is 9.59 Å². The normalized spacial score (nSPS) is 35.4. The van der Waals surface area contributed by atoms with Gasteiger partial charge < -0.3 is 9.47 Å². The minimum Gasteiger partial charge on any atom is -0.459 e. The number of hydrogen-bond donors (Lipinski definition) is 0. The van der Waals surface area contributed by atoms with Gasteiger partial charge in [0, 0.05) is 18.3 Å². The zero-order valence-corrected chi connectivity index (χ0v) is 21.5. The van der Waals surface area contributed by atoms with Gasteiger partial charge in [-0.05, 0) is 87.0 Å². The van der Waals surface area contributed by atoms with E-state index in [1.807, 2.05) is 6.08 Å². The number of hydrogen-bond acceptors (Lipinski definition) is 5. The van der Waals surface area contributed by atoms with Crippen molar-refractivity contribution in [2.24, 2.45) is 35.0 Å². The van der Waals surface area contributed by atoms with Gasteiger partial charge in [0.05, 0.1) is 0 Å². The first kappa shape index (κ1) is 25.4. The van der Waals surface area contributed by atoms with Crippen LogP contribution in [-0.2, 0) is 23.9 Å². The fourth-order valence-electron chi connectivity index (χ4n) is 7.90. The Kier molecular flexibility index (Phi) is 8.20. The lowest BCUT2D eigenvalue weighted by atomic mass is 9.52. The second-order valence-corrected chi connectivity index (χ2v) is 11.7. The molecule has 0 N–H and O–H groups in total. The topological polar surface area (TPSA) is 69.7 Å². The minimum absolute atomic E-state index is 0.0139. The highest BCUT2D eigenvalue weighted by molar-refractivity contribution is 5.91. The third-order valence-corrected chi connectivity index (χ3v) is 9.84. The van der Waals surface area contributed by atoms with E-state index in [-0.39, 0.29) is 24.1 Å². The van der Waals surface area contributed by atoms with E-state index in [1.165, 1.54) is 5.57 Å². The van der Waals surface area contributed by atoms with Crippen molar-refractivity contribution < 1.29 is 23.9 Å². The first-order chi connectivity index (χ1) is 16.4. The quantitative estimate of drug-likeness (QED) is 0.374. The monoisotopic (exact) mass is 472 g/mol. The summed E-state index contributed by atoms with van der Waals surface area (Å²) in [6.45, 7) is 6.31. The Labute approximate surface area is 205 Å². The predicted molar refractivity (Wildman–Crippen MR) is 131 cm³/mol. The first-order valence-corrected chi connectivity index (χ1v) is 13.9. The average Bonchev–Trinajstić information content (AvgIpc) is 3.16. The molecule has 5 nitrogen and oxygen atoms in total. The molecule has 1 unspecified atom stereocenters. The molecule has 0 saturated heterocycles. The number of ketones is 1. The maximum absolute atomic E-state index is 12.6. The summed E-state index contributed by atoms with van der Waals surface area (Å²) >= 11 is 0. The highest BCUT2D eigenvalue weighted by Gasteiger charge is 2.57. The number of carbonyl (C=O) groups is 3. The summed E-state index contributed by atoms with van der Waals surface area (Å²) in [7, 11) is 0. The Balaban J connectivity index is 1.29. The van der Waals surface area contributed by atoms with Crippen molar-refractivity contribution in [3.8, 4) is 0 Å². The van der Waals surface area contributed by atoms with Gasteiger partial charge in [-0.25, -0.2) is 4.79 Å². The van der Waals surface area contributed by atoms with Crippen molar-refractivity contribution in [1.29, 1.82) is 0 Å². The van der Waals surface area contributed by atoms with Gasteiger partial charge >= 0.3 is 11.9 Å². The van der Waals surface area contributed by atoms with Crippen molar-refractivity contribution in [3.63, 3.8) is 0 Å². The summed E-state index contributed by atoms with van der Waals surface area (Å²) in [4.78, 5) is 36.8. The number of allylic oxidation sites excluding steroid dienone is 1. The van der Waals surface area contributed by atoms with Crippen molar-refractivity contribution in [2.75, 3.05) is 6.61 Å². The molecule has 4 aliphatic carbocycles. The van der Waals surface area contributed by atoms with Gasteiger partial charge in [0.15, 0.2) is 12.4 Å². The fraction of sp³-hybridized carbons (Fsp3) is 0.828. The molecular weight excluding hydrogens is 428 g/mol. The zero-order chi connectivity index (χ0) is 24.3. The van der Waals surface area contributed by atoms with Crippen LogP contribution in [0.15, 0.2) is 11.6 Å². The Morgan fingerprint density at radius 2 is 1.88 bits per heavy atom. The van der Waals surface area contributed by atoms with Crippen LogP contribution in [0.2, 0.25) is 0 Å². The number of ether oxygens (including phenoxy) is 2. The highest BCUT2D eigenvalue weighted by atomic mass is 16.6. The third kappa shape index (κ3) is 5.28. The molecule has 3 fully saturated rings. The molecule has 0 aromatic heterocycles. The van der Waals surface area contributed by atoms with E-state index >= 15 is 0 Å². The summed E-state index contributed by atoms with van der Waals surface area (Å²) < 4.78 is 11.3. The van der Waals surface area contributed by atoms with Crippen LogP contribution in [0.5, 0.6) is 0 Å². The van der Waals surface area contributed by atoms with Crippen LogP contribution in [-0.4, -0.2) is 30.4 Å². The number of unbranched alkanes of at least 4 members (excludes halogenated alkanes) is 1. The van der Waals surface area contributed by atoms with Crippen molar-refractivity contribution in [3.05, 3.63) is 11.6 Å². The van der Waals surface area contributed by atoms with Gasteiger partial charge in [-0.1, -0.05) is 45.6 Å². The molecule has 4 rings (SSSR count). The maximum Gasteiger partial charge on any atom is 0.344 e. The van der Waals surface area contributed by atoms with Crippen LogP contribution in [0.4, 0.5) is 0 Å². The van der Waals surface area contributed by atoms with Gasteiger partial charge in [0.25, 0.3) is 0 Å². The molecule has 0 aliphatic heterocycles. The van der Waals surface area contributed by atoms with E-state index in [2.05, 4.69) is 20.8 Å². The van der Waals surface area contributed by atoms with E-state index in [0.29, 0.717) is 48.2 Å². The maximum atomic E-state index is 12.6. The average molecular weight is 473 g/mol. The lowest BCUT2D eigenvalue weighted by molar-refractivity contribution is -0.169. The van der Waals surface area contributed by atoms with E-state index in [1.54, 1.807) is 0 Å². The van der Waals surface area contributed by atoms with Gasteiger partial charge in [0.1, 0.15) is 6.10 Å². The summed E-state index contributed by atoms with van der Waals surface area (Å²) in [5.41, 5.74) is 1.42. The van der Waals surface area contributed by atoms with E-state index in [9.17, 15) is 14.4 Å². The molecule has 0 bridgehead atoms. The molecule has 190 valence electrons. The first-order valence-electron chi connectivity index (χ1n) is 13.9. The van der Waals surface area contributed by atoms with Gasteiger partial charge in [-0.2, -0.15) is 0 Å². The van der Waals surface area contributed by atoms with Crippen LogP contribution in [0.3, 0.4) is 0 Å². The Morgan fingerprint density at radius 1 is 1.06 bits per heavy atom. The molecule has 0 radical (unpaired) electrons. The zero-order valence-electron chi connectivity index (χ0n) is 21.5. The lowest BCUT2D eigenvalue weighted by Gasteiger charge is -2.53. The van der Waals surface area contributed by atoms with Crippen LogP contribution < -0.4 is 0 Å². The molecule has 0 heterocycles. The number of rotatable bonds is 9. The summed E-state index contributed by atoms with van der Waals surface area (Å²) in [6, 6.07) is 0. The molecule has 4 aliphatic rings. The van der Waals surface area contributed by atoms with Crippen molar-refractivity contribution in [1.82, 2.24) is 0 Å². The largest absolute Gasteiger partial charge is 0.459 e. The van der Waals surface area contributed by atoms with E-state index in [4.69, 9.17) is 9.47 Å². The molecule has 5 heteroatoms. The number of esters is 2. The minimum atomic E-state index is -0.399. The smallest absolute Gasteiger partial charge is 0.344 e. The number of carbonyl (C=O) groups excluding carboxylic acids is 3. The van der Waals surface area contributed by atoms with E-state index < -0.39 is 5.97 Å². The third-order valence-electron chi connectivity index (χ3n) is 9.84. The van der Waals surface area contributed by atoms with E-state index in [0.717, 1.165) is 70.6 Å². The SMILES string of the molecule is CCCCC(CC)CC(=O)OCC(=O)O[C@H]1CC[C@H]2[C@@H]3CCC4=CC(=O)CC[C@@H]4[C@H]3CC[C@]12C. The predicted octanol–water partition coefficient (Wildman–Crippen LogP) is 6.19. The van der Waals surface area contributed by atoms with Crippen LogP contribution >= 0.6 is 0 Å². The number of fused-ring (bicyclic) bond motifs is 5. The van der Waals surface area contributed by atoms with Gasteiger partial charge in [0.2, 0.25) is 0 Å². The van der Waals surface area contributed by atoms with Crippen LogP contribution in [0, 0.1) is 35.0 Å². The van der Waals surface area contributed by atoms with Crippen LogP contribution in [0.1, 0.15) is 104 Å². The standard InChI is InChI=1S/C29H44O5/c1-4-6-7-19(5-2)16-27(31)33-18-28(32)34-26-13-12-25-24-10-8-20-17-21(30)9-11-22(20)23(24)14-15-29(25,26)3/h17,19,22-26H,4-16,18H2,1-3H3/t19?,22-,23+,24+,25-,26-,29-/m0/s1. The molecule has 0 aromatic rings. The Bertz CT molecular complexity index is 800. The lowest BCUT2D eigenvalue weighted by Crippen LogP contribution is -2.48. The molecule has 7 atom stereocenters. The summed E-state index contributed by atoms with van der Waals surface area (Å²) in [5, 5.41) is 0. The molecular formula is C29H44O5. The molecule has 34 heavy (non-hydrogen) atoms. The summed E-state index contributed by atoms with van der Waals surface area (Å²) in [5.74, 6) is 2.48. The highest BCUT2D eigenvalue weighted by Crippen LogP contribution is 2.62. The molecule has 3 saturated carbocycles. The molecule has 0 amide bonds. The Morgan fingerprint density at radius 3 is 2.65 bits per heavy atom. The Hall–Kier alpha value is -1.65. The van der Waals surface area contributed by atoms with Crippen LogP contribution in [0.25, 0.3) is 0 Å². The molecule has 0 spiro atoms. The summed E-state index contributed by atoms with van der Waals surface area (Å²) in [6.07, 6.45) is 14.7. The van der Waals surface area contributed by atoms with Crippen molar-refractivity contribution in [2.45, 2.75) is 110 Å².